The van der Waals surface area contributed by atoms with Crippen LogP contribution in [0.3, 0.4) is 0 Å². The number of hydrogen-bond acceptors (Lipinski definition) is 3. The van der Waals surface area contributed by atoms with Gasteiger partial charge >= 0.3 is 0 Å². The Morgan fingerprint density at radius 3 is 2.56 bits per heavy atom. The summed E-state index contributed by atoms with van der Waals surface area (Å²) in [6.07, 6.45) is 0. The molecule has 0 amide bonds. The van der Waals surface area contributed by atoms with Crippen molar-refractivity contribution in [1.82, 2.24) is 9.78 Å². The first-order valence-corrected chi connectivity index (χ1v) is 5.72. The van der Waals surface area contributed by atoms with E-state index in [-0.39, 0.29) is 0 Å². The van der Waals surface area contributed by atoms with Crippen LogP contribution < -0.4 is 0 Å². The van der Waals surface area contributed by atoms with Gasteiger partial charge in [0.15, 0.2) is 0 Å². The molecule has 1 aromatic heterocycles. The summed E-state index contributed by atoms with van der Waals surface area (Å²) in [6.45, 7) is 5.28. The molecule has 0 saturated heterocycles. The molecule has 1 heterocycles. The van der Waals surface area contributed by atoms with Gasteiger partial charge < -0.3 is 5.11 Å². The van der Waals surface area contributed by atoms with Crippen molar-refractivity contribution in [3.8, 4) is 11.8 Å². The summed E-state index contributed by atoms with van der Waals surface area (Å²) in [5.74, 6) is 0. The Morgan fingerprint density at radius 2 is 2.00 bits per heavy atom. The van der Waals surface area contributed by atoms with Gasteiger partial charge in [-0.3, -0.25) is 0 Å². The maximum Gasteiger partial charge on any atom is 0.103 e. The van der Waals surface area contributed by atoms with Gasteiger partial charge in [0.2, 0.25) is 0 Å². The fraction of sp³-hybridized carbons (Fsp3) is 0.286. The summed E-state index contributed by atoms with van der Waals surface area (Å²) in [5.41, 5.74) is 1.78. The molecule has 0 saturated carbocycles. The molecule has 18 heavy (non-hydrogen) atoms. The van der Waals surface area contributed by atoms with E-state index in [4.69, 9.17) is 5.26 Å². The Morgan fingerprint density at radius 1 is 1.33 bits per heavy atom. The number of aryl methyl sites for hydroxylation is 1. The van der Waals surface area contributed by atoms with Gasteiger partial charge in [0.25, 0.3) is 0 Å². The van der Waals surface area contributed by atoms with Gasteiger partial charge in [-0.25, -0.2) is 4.68 Å². The topological polar surface area (TPSA) is 61.8 Å². The molecule has 4 nitrogen and oxygen atoms in total. The lowest BCUT2D eigenvalue weighted by Gasteiger charge is -2.13. The SMILES string of the molecule is Cc1cc(C(C)(C)O)nn1-c1ccccc1C#N. The predicted octanol–water partition coefficient (Wildman–Crippen LogP) is 2.28. The van der Waals surface area contributed by atoms with Gasteiger partial charge in [-0.1, -0.05) is 12.1 Å². The smallest absolute Gasteiger partial charge is 0.103 e. The number of para-hydroxylation sites is 1. The highest BCUT2D eigenvalue weighted by Crippen LogP contribution is 2.22. The number of aromatic nitrogens is 2. The molecule has 0 aliphatic carbocycles. The molecule has 0 bridgehead atoms. The molecule has 0 spiro atoms. The van der Waals surface area contributed by atoms with Crippen LogP contribution in [-0.4, -0.2) is 14.9 Å². The van der Waals surface area contributed by atoms with Gasteiger partial charge in [-0.15, -0.1) is 0 Å². The standard InChI is InChI=1S/C14H15N3O/c1-10-8-13(14(2,3)18)16-17(10)12-7-5-4-6-11(12)9-15/h4-8,18H,1-3H3. The molecule has 2 rings (SSSR count). The second kappa shape index (κ2) is 4.28. The van der Waals surface area contributed by atoms with E-state index in [0.717, 1.165) is 11.4 Å². The summed E-state index contributed by atoms with van der Waals surface area (Å²) in [6, 6.07) is 11.2. The van der Waals surface area contributed by atoms with Crippen LogP contribution in [0.25, 0.3) is 5.69 Å². The third kappa shape index (κ3) is 2.13. The largest absolute Gasteiger partial charge is 0.384 e. The number of rotatable bonds is 2. The average Bonchev–Trinajstić information content (AvgIpc) is 2.71. The molecular formula is C14H15N3O. The first-order valence-electron chi connectivity index (χ1n) is 5.72. The van der Waals surface area contributed by atoms with Crippen molar-refractivity contribution < 1.29 is 5.11 Å². The summed E-state index contributed by atoms with van der Waals surface area (Å²) < 4.78 is 1.69. The summed E-state index contributed by atoms with van der Waals surface area (Å²) in [4.78, 5) is 0. The van der Waals surface area contributed by atoms with E-state index >= 15 is 0 Å². The van der Waals surface area contributed by atoms with E-state index in [0.29, 0.717) is 11.3 Å². The third-order valence-corrected chi connectivity index (χ3v) is 2.77. The van der Waals surface area contributed by atoms with E-state index in [1.165, 1.54) is 0 Å². The predicted molar refractivity (Wildman–Crippen MR) is 68.3 cm³/mol. The van der Waals surface area contributed by atoms with Gasteiger partial charge in [-0.05, 0) is 39.0 Å². The summed E-state index contributed by atoms with van der Waals surface area (Å²) in [7, 11) is 0. The van der Waals surface area contributed by atoms with Crippen molar-refractivity contribution in [3.63, 3.8) is 0 Å². The average molecular weight is 241 g/mol. The highest BCUT2D eigenvalue weighted by molar-refractivity contribution is 5.49. The van der Waals surface area contributed by atoms with Gasteiger partial charge in [-0.2, -0.15) is 10.4 Å². The first kappa shape index (κ1) is 12.3. The second-order valence-corrected chi connectivity index (χ2v) is 4.77. The second-order valence-electron chi connectivity index (χ2n) is 4.77. The number of hydrogen-bond donors (Lipinski definition) is 1. The van der Waals surface area contributed by atoms with Crippen LogP contribution in [0.2, 0.25) is 0 Å². The number of nitriles is 1. The number of benzene rings is 1. The highest BCUT2D eigenvalue weighted by Gasteiger charge is 2.21. The minimum absolute atomic E-state index is 0.561. The van der Waals surface area contributed by atoms with Gasteiger partial charge in [0.1, 0.15) is 11.7 Å². The van der Waals surface area contributed by atoms with Crippen molar-refractivity contribution in [2.24, 2.45) is 0 Å². The maximum absolute atomic E-state index is 9.96. The minimum Gasteiger partial charge on any atom is -0.384 e. The third-order valence-electron chi connectivity index (χ3n) is 2.77. The van der Waals surface area contributed by atoms with Crippen LogP contribution in [0.4, 0.5) is 0 Å². The van der Waals surface area contributed by atoms with Crippen LogP contribution >= 0.6 is 0 Å². The lowest BCUT2D eigenvalue weighted by atomic mass is 10.1. The fourth-order valence-electron chi connectivity index (χ4n) is 1.77. The number of aliphatic hydroxyl groups is 1. The Labute approximate surface area is 106 Å². The Hall–Kier alpha value is -2.12. The van der Waals surface area contributed by atoms with Crippen LogP contribution in [0.5, 0.6) is 0 Å². The van der Waals surface area contributed by atoms with Crippen LogP contribution in [-0.2, 0) is 5.60 Å². The molecule has 0 fully saturated rings. The normalized spacial score (nSPS) is 11.3. The molecule has 1 aromatic carbocycles. The first-order chi connectivity index (χ1) is 8.43. The zero-order valence-electron chi connectivity index (χ0n) is 10.7. The van der Waals surface area contributed by atoms with Crippen LogP contribution in [0, 0.1) is 18.3 Å². The van der Waals surface area contributed by atoms with E-state index < -0.39 is 5.60 Å². The van der Waals surface area contributed by atoms with Crippen molar-refractivity contribution in [2.75, 3.05) is 0 Å². The van der Waals surface area contributed by atoms with E-state index in [1.54, 1.807) is 24.6 Å². The molecular weight excluding hydrogens is 226 g/mol. The van der Waals surface area contributed by atoms with Crippen molar-refractivity contribution in [3.05, 3.63) is 47.3 Å². The molecule has 0 radical (unpaired) electrons. The van der Waals surface area contributed by atoms with E-state index in [2.05, 4.69) is 11.2 Å². The number of nitrogens with zero attached hydrogens (tertiary/aromatic N) is 3. The Balaban J connectivity index is 2.59. The zero-order valence-corrected chi connectivity index (χ0v) is 10.7. The molecule has 92 valence electrons. The molecule has 4 heteroatoms. The lowest BCUT2D eigenvalue weighted by Crippen LogP contribution is -2.16. The molecule has 1 N–H and O–H groups in total. The Bertz CT molecular complexity index is 615. The molecule has 0 atom stereocenters. The highest BCUT2D eigenvalue weighted by atomic mass is 16.3. The van der Waals surface area contributed by atoms with Crippen LogP contribution in [0.15, 0.2) is 30.3 Å². The van der Waals surface area contributed by atoms with E-state index in [9.17, 15) is 5.11 Å². The van der Waals surface area contributed by atoms with Crippen molar-refractivity contribution >= 4 is 0 Å². The maximum atomic E-state index is 9.96. The quantitative estimate of drug-likeness (QED) is 0.877. The molecule has 0 unspecified atom stereocenters. The summed E-state index contributed by atoms with van der Waals surface area (Å²) in [5, 5.41) is 23.4. The minimum atomic E-state index is -0.988. The Kier molecular flexibility index (Phi) is 2.93. The lowest BCUT2D eigenvalue weighted by molar-refractivity contribution is 0.0734. The van der Waals surface area contributed by atoms with Crippen molar-refractivity contribution in [2.45, 2.75) is 26.4 Å². The molecule has 2 aromatic rings. The zero-order chi connectivity index (χ0) is 13.3. The molecule has 0 aliphatic rings. The van der Waals surface area contributed by atoms with Gasteiger partial charge in [0, 0.05) is 5.69 Å². The summed E-state index contributed by atoms with van der Waals surface area (Å²) >= 11 is 0. The van der Waals surface area contributed by atoms with Crippen LogP contribution in [0.1, 0.15) is 30.8 Å². The fourth-order valence-corrected chi connectivity index (χ4v) is 1.77. The monoisotopic (exact) mass is 241 g/mol. The van der Waals surface area contributed by atoms with E-state index in [1.807, 2.05) is 31.2 Å². The molecule has 0 aliphatic heterocycles. The van der Waals surface area contributed by atoms with Crippen molar-refractivity contribution in [1.29, 1.82) is 5.26 Å². The van der Waals surface area contributed by atoms with Gasteiger partial charge in [0.05, 0.1) is 16.9 Å².